The fraction of sp³-hybridized carbons (Fsp3) is 0.429. The maximum absolute atomic E-state index is 12.4. The minimum absolute atomic E-state index is 0.0398. The minimum atomic E-state index is -0.0398. The summed E-state index contributed by atoms with van der Waals surface area (Å²) in [6.45, 7) is 4.39. The van der Waals surface area contributed by atoms with Gasteiger partial charge in [-0.1, -0.05) is 36.8 Å². The van der Waals surface area contributed by atoms with Gasteiger partial charge in [-0.3, -0.25) is 9.69 Å². The maximum atomic E-state index is 12.4. The van der Waals surface area contributed by atoms with Crippen molar-refractivity contribution in [3.63, 3.8) is 0 Å². The Bertz CT molecular complexity index is 1090. The van der Waals surface area contributed by atoms with E-state index >= 15 is 0 Å². The molecule has 5 rings (SSSR count). The molecule has 0 aromatic heterocycles. The van der Waals surface area contributed by atoms with Crippen molar-refractivity contribution in [2.45, 2.75) is 44.6 Å². The second-order valence-corrected chi connectivity index (χ2v) is 9.62. The highest BCUT2D eigenvalue weighted by molar-refractivity contribution is 6.00. The molecule has 3 atom stereocenters. The summed E-state index contributed by atoms with van der Waals surface area (Å²) in [6.07, 6.45) is 9.32. The average Bonchev–Trinajstić information content (AvgIpc) is 3.38. The van der Waals surface area contributed by atoms with Gasteiger partial charge in [-0.2, -0.15) is 5.10 Å². The second kappa shape index (κ2) is 10.0. The molecule has 178 valence electrons. The molecule has 6 heteroatoms. The predicted octanol–water partition coefficient (Wildman–Crippen LogP) is 4.85. The number of fused-ring (bicyclic) bond motifs is 3. The number of allylic oxidation sites excluding steroid dienone is 2. The minimum Gasteiger partial charge on any atom is -0.497 e. The van der Waals surface area contributed by atoms with Gasteiger partial charge < -0.3 is 10.1 Å². The number of carbonyl (C=O) groups is 1. The van der Waals surface area contributed by atoms with E-state index in [-0.39, 0.29) is 11.9 Å². The van der Waals surface area contributed by atoms with Gasteiger partial charge in [0.25, 0.3) is 5.91 Å². The third kappa shape index (κ3) is 4.73. The summed E-state index contributed by atoms with van der Waals surface area (Å²) in [6, 6.07) is 15.1. The van der Waals surface area contributed by atoms with E-state index in [4.69, 9.17) is 4.74 Å². The number of piperidine rings is 1. The Morgan fingerprint density at radius 1 is 1.15 bits per heavy atom. The number of nitrogens with one attached hydrogen (secondary N) is 2. The van der Waals surface area contributed by atoms with Crippen molar-refractivity contribution < 1.29 is 9.53 Å². The number of likely N-dealkylation sites (tertiary alicyclic amines) is 1. The third-order valence-corrected chi connectivity index (χ3v) is 7.42. The number of nitrogens with zero attached hydrogens (tertiary/aromatic N) is 2. The van der Waals surface area contributed by atoms with E-state index in [9.17, 15) is 4.79 Å². The van der Waals surface area contributed by atoms with Crippen LogP contribution in [0.25, 0.3) is 0 Å². The number of methoxy groups -OCH3 is 1. The van der Waals surface area contributed by atoms with E-state index in [1.54, 1.807) is 7.11 Å². The number of hydrogen-bond donors (Lipinski definition) is 2. The Kier molecular flexibility index (Phi) is 6.68. The van der Waals surface area contributed by atoms with E-state index in [0.717, 1.165) is 36.5 Å². The molecule has 2 aromatic rings. The second-order valence-electron chi connectivity index (χ2n) is 9.62. The van der Waals surface area contributed by atoms with Crippen LogP contribution in [0.5, 0.6) is 5.75 Å². The third-order valence-electron chi connectivity index (χ3n) is 7.42. The Morgan fingerprint density at radius 2 is 1.94 bits per heavy atom. The van der Waals surface area contributed by atoms with Crippen LogP contribution < -0.4 is 15.5 Å². The van der Waals surface area contributed by atoms with Crippen LogP contribution in [-0.2, 0) is 4.79 Å². The van der Waals surface area contributed by atoms with E-state index in [1.165, 1.54) is 36.1 Å². The number of ether oxygens (including phenoxy) is 1. The zero-order valence-electron chi connectivity index (χ0n) is 20.1. The molecule has 2 aliphatic heterocycles. The zero-order chi connectivity index (χ0) is 23.5. The fourth-order valence-corrected chi connectivity index (χ4v) is 5.53. The number of benzene rings is 2. The molecule has 1 saturated heterocycles. The highest BCUT2D eigenvalue weighted by atomic mass is 16.5. The van der Waals surface area contributed by atoms with Crippen LogP contribution in [0.3, 0.4) is 0 Å². The van der Waals surface area contributed by atoms with Gasteiger partial charge in [0.2, 0.25) is 0 Å². The Morgan fingerprint density at radius 3 is 2.71 bits per heavy atom. The molecule has 0 saturated carbocycles. The first-order valence-corrected chi connectivity index (χ1v) is 12.4. The van der Waals surface area contributed by atoms with Crippen LogP contribution in [0.1, 0.15) is 61.3 Å². The molecular weight excluding hydrogens is 424 g/mol. The quantitative estimate of drug-likeness (QED) is 0.369. The topological polar surface area (TPSA) is 66.0 Å². The molecule has 0 radical (unpaired) electrons. The Balaban J connectivity index is 1.31. The molecule has 1 fully saturated rings. The molecule has 2 aromatic carbocycles. The summed E-state index contributed by atoms with van der Waals surface area (Å²) in [7, 11) is 1.70. The van der Waals surface area contributed by atoms with Gasteiger partial charge in [0.05, 0.1) is 25.4 Å². The summed E-state index contributed by atoms with van der Waals surface area (Å²) in [4.78, 5) is 14.6. The van der Waals surface area contributed by atoms with Gasteiger partial charge in [0.1, 0.15) is 5.75 Å². The number of carbonyl (C=O) groups excluding carboxylic acids is 1. The van der Waals surface area contributed by atoms with Gasteiger partial charge >= 0.3 is 0 Å². The van der Waals surface area contributed by atoms with Crippen molar-refractivity contribution in [1.82, 2.24) is 10.3 Å². The standard InChI is InChI=1S/C28H34N4O2/c1-19(30-31-27(33)18-32-15-4-3-5-16-32)21-11-14-26-25(17-21)23-7-6-8-24(23)28(29-26)20-9-12-22(34-2)13-10-20/h6-7,9-14,17,23-24,28-29H,3-5,8,15-16,18H2,1-2H3,(H,31,33)/b30-19-/t23-,24+,28+/m1/s1. The first kappa shape index (κ1) is 22.7. The van der Waals surface area contributed by atoms with Gasteiger partial charge in [0.15, 0.2) is 0 Å². The van der Waals surface area contributed by atoms with Crippen LogP contribution in [0.4, 0.5) is 5.69 Å². The molecule has 2 N–H and O–H groups in total. The number of hydrogen-bond acceptors (Lipinski definition) is 5. The number of amides is 1. The molecule has 34 heavy (non-hydrogen) atoms. The van der Waals surface area contributed by atoms with Crippen molar-refractivity contribution >= 4 is 17.3 Å². The van der Waals surface area contributed by atoms with Crippen molar-refractivity contribution in [1.29, 1.82) is 0 Å². The summed E-state index contributed by atoms with van der Waals surface area (Å²) >= 11 is 0. The highest BCUT2D eigenvalue weighted by Crippen LogP contribution is 2.50. The van der Waals surface area contributed by atoms with Crippen molar-refractivity contribution in [3.8, 4) is 5.75 Å². The van der Waals surface area contributed by atoms with Crippen LogP contribution in [0.15, 0.2) is 59.7 Å². The summed E-state index contributed by atoms with van der Waals surface area (Å²) in [5.74, 6) is 1.67. The van der Waals surface area contributed by atoms with E-state index in [0.29, 0.717) is 18.4 Å². The largest absolute Gasteiger partial charge is 0.497 e. The smallest absolute Gasteiger partial charge is 0.254 e. The molecule has 6 nitrogen and oxygen atoms in total. The van der Waals surface area contributed by atoms with Gasteiger partial charge in [-0.25, -0.2) is 5.43 Å². The lowest BCUT2D eigenvalue weighted by atomic mass is 9.76. The number of rotatable bonds is 6. The molecule has 1 amide bonds. The zero-order valence-corrected chi connectivity index (χ0v) is 20.1. The first-order chi connectivity index (χ1) is 16.6. The van der Waals surface area contributed by atoms with Crippen LogP contribution >= 0.6 is 0 Å². The molecule has 1 aliphatic carbocycles. The van der Waals surface area contributed by atoms with Crippen molar-refractivity contribution in [2.24, 2.45) is 11.0 Å². The molecule has 0 bridgehead atoms. The molecule has 3 aliphatic rings. The van der Waals surface area contributed by atoms with E-state index in [1.807, 2.05) is 19.1 Å². The van der Waals surface area contributed by atoms with Gasteiger partial charge in [-0.15, -0.1) is 0 Å². The van der Waals surface area contributed by atoms with Crippen molar-refractivity contribution in [2.75, 3.05) is 32.1 Å². The highest BCUT2D eigenvalue weighted by Gasteiger charge is 2.38. The molecule has 2 heterocycles. The van der Waals surface area contributed by atoms with E-state index < -0.39 is 0 Å². The Hall–Kier alpha value is -3.12. The maximum Gasteiger partial charge on any atom is 0.254 e. The summed E-state index contributed by atoms with van der Waals surface area (Å²) in [5, 5.41) is 8.20. The summed E-state index contributed by atoms with van der Waals surface area (Å²) in [5.41, 5.74) is 8.38. The summed E-state index contributed by atoms with van der Waals surface area (Å²) < 4.78 is 5.33. The van der Waals surface area contributed by atoms with Crippen molar-refractivity contribution in [3.05, 3.63) is 71.3 Å². The molecular formula is C28H34N4O2. The average molecular weight is 459 g/mol. The lowest BCUT2D eigenvalue weighted by Gasteiger charge is -2.37. The van der Waals surface area contributed by atoms with Gasteiger partial charge in [-0.05, 0) is 86.1 Å². The monoisotopic (exact) mass is 458 g/mol. The van der Waals surface area contributed by atoms with Crippen LogP contribution in [0, 0.1) is 5.92 Å². The van der Waals surface area contributed by atoms with E-state index in [2.05, 4.69) is 63.2 Å². The molecule has 0 spiro atoms. The van der Waals surface area contributed by atoms with Crippen LogP contribution in [0.2, 0.25) is 0 Å². The molecule has 0 unspecified atom stereocenters. The lowest BCUT2D eigenvalue weighted by Crippen LogP contribution is -2.38. The van der Waals surface area contributed by atoms with Crippen LogP contribution in [-0.4, -0.2) is 43.3 Å². The Labute approximate surface area is 202 Å². The number of anilines is 1. The normalized spacial score (nSPS) is 24.2. The predicted molar refractivity (Wildman–Crippen MR) is 136 cm³/mol. The first-order valence-electron chi connectivity index (χ1n) is 12.4. The number of hydrazone groups is 1. The SMILES string of the molecule is COc1ccc([C@@H]2Nc3ccc(/C(C)=N\NC(=O)CN4CCCCC4)cc3[C@@H]3C=CC[C@@H]32)cc1. The fourth-order valence-electron chi connectivity index (χ4n) is 5.53. The lowest BCUT2D eigenvalue weighted by molar-refractivity contribution is -0.122. The van der Waals surface area contributed by atoms with Gasteiger partial charge in [0, 0.05) is 11.6 Å².